The molecular weight excluding hydrogens is 269 g/mol. The van der Waals surface area contributed by atoms with Gasteiger partial charge in [-0.2, -0.15) is 25.8 Å². The third-order valence-electron chi connectivity index (χ3n) is 2.92. The van der Waals surface area contributed by atoms with Crippen LogP contribution in [0.15, 0.2) is 48.5 Å². The lowest BCUT2D eigenvalue weighted by atomic mass is 9.97. The van der Waals surface area contributed by atoms with E-state index in [1.54, 1.807) is 0 Å². The summed E-state index contributed by atoms with van der Waals surface area (Å²) in [4.78, 5) is 0. The van der Waals surface area contributed by atoms with Gasteiger partial charge in [0.1, 0.15) is 0 Å². The minimum absolute atomic E-state index is 0.622. The average molecular weight is 282 g/mol. The molecule has 2 aromatic rings. The van der Waals surface area contributed by atoms with Crippen LogP contribution in [0.2, 0.25) is 0 Å². The van der Waals surface area contributed by atoms with Gasteiger partial charge < -0.3 is 0 Å². The standard InChI is InChI=1S/C15H13F3S/c16-15(17,18)13-7-5-12(6-8-13)14-4-2-1-3-11(14)9-10-19/h1-8,19H,9-10H2. The zero-order valence-electron chi connectivity index (χ0n) is 10.1. The van der Waals surface area contributed by atoms with E-state index < -0.39 is 11.7 Å². The Morgan fingerprint density at radius 3 is 2.11 bits per heavy atom. The van der Waals surface area contributed by atoms with Crippen molar-refractivity contribution >= 4 is 12.6 Å². The van der Waals surface area contributed by atoms with Gasteiger partial charge in [-0.3, -0.25) is 0 Å². The normalized spacial score (nSPS) is 11.6. The van der Waals surface area contributed by atoms with Crippen molar-refractivity contribution in [3.8, 4) is 11.1 Å². The van der Waals surface area contributed by atoms with Crippen LogP contribution in [0.1, 0.15) is 11.1 Å². The van der Waals surface area contributed by atoms with Gasteiger partial charge in [0.2, 0.25) is 0 Å². The van der Waals surface area contributed by atoms with E-state index >= 15 is 0 Å². The summed E-state index contributed by atoms with van der Waals surface area (Å²) in [6, 6.07) is 13.0. The van der Waals surface area contributed by atoms with E-state index in [2.05, 4.69) is 12.6 Å². The number of rotatable bonds is 3. The van der Waals surface area contributed by atoms with E-state index in [9.17, 15) is 13.2 Å². The molecule has 0 aliphatic carbocycles. The Kier molecular flexibility index (Phi) is 4.20. The Morgan fingerprint density at radius 2 is 1.53 bits per heavy atom. The molecule has 0 spiro atoms. The van der Waals surface area contributed by atoms with Crippen LogP contribution >= 0.6 is 12.6 Å². The summed E-state index contributed by atoms with van der Waals surface area (Å²) < 4.78 is 37.5. The van der Waals surface area contributed by atoms with Gasteiger partial charge in [0.15, 0.2) is 0 Å². The van der Waals surface area contributed by atoms with E-state index in [1.165, 1.54) is 12.1 Å². The van der Waals surface area contributed by atoms with Gasteiger partial charge in [-0.1, -0.05) is 36.4 Å². The molecule has 0 atom stereocenters. The first-order valence-electron chi connectivity index (χ1n) is 5.89. The second kappa shape index (κ2) is 5.70. The van der Waals surface area contributed by atoms with E-state index in [1.807, 2.05) is 24.3 Å². The summed E-state index contributed by atoms with van der Waals surface area (Å²) >= 11 is 4.20. The van der Waals surface area contributed by atoms with Crippen molar-refractivity contribution in [2.45, 2.75) is 12.6 Å². The van der Waals surface area contributed by atoms with Crippen LogP contribution in [0.3, 0.4) is 0 Å². The summed E-state index contributed by atoms with van der Waals surface area (Å²) in [7, 11) is 0. The summed E-state index contributed by atoms with van der Waals surface area (Å²) in [6.45, 7) is 0. The SMILES string of the molecule is FC(F)(F)c1ccc(-c2ccccc2CCS)cc1. The molecular formula is C15H13F3S. The molecule has 0 heterocycles. The molecule has 0 unspecified atom stereocenters. The van der Waals surface area contributed by atoms with Gasteiger partial charge in [-0.25, -0.2) is 0 Å². The quantitative estimate of drug-likeness (QED) is 0.765. The van der Waals surface area contributed by atoms with Crippen molar-refractivity contribution in [1.82, 2.24) is 0 Å². The molecule has 2 aromatic carbocycles. The summed E-state index contributed by atoms with van der Waals surface area (Å²) in [5.74, 6) is 0.706. The van der Waals surface area contributed by atoms with Crippen LogP contribution in [0.25, 0.3) is 11.1 Å². The van der Waals surface area contributed by atoms with Crippen LogP contribution in [0.4, 0.5) is 13.2 Å². The van der Waals surface area contributed by atoms with Crippen molar-refractivity contribution in [3.63, 3.8) is 0 Å². The maximum atomic E-state index is 12.5. The number of benzene rings is 2. The molecule has 19 heavy (non-hydrogen) atoms. The molecule has 0 nitrogen and oxygen atoms in total. The average Bonchev–Trinajstić information content (AvgIpc) is 2.39. The number of alkyl halides is 3. The molecule has 0 amide bonds. The third kappa shape index (κ3) is 3.32. The highest BCUT2D eigenvalue weighted by atomic mass is 32.1. The highest BCUT2D eigenvalue weighted by Gasteiger charge is 2.29. The number of hydrogen-bond acceptors (Lipinski definition) is 1. The Hall–Kier alpha value is -1.42. The largest absolute Gasteiger partial charge is 0.416 e. The Bertz CT molecular complexity index is 544. The van der Waals surface area contributed by atoms with Crippen LogP contribution in [-0.2, 0) is 12.6 Å². The number of thiol groups is 1. The predicted molar refractivity (Wildman–Crippen MR) is 74.4 cm³/mol. The van der Waals surface area contributed by atoms with Crippen molar-refractivity contribution in [2.75, 3.05) is 5.75 Å². The molecule has 0 radical (unpaired) electrons. The second-order valence-electron chi connectivity index (χ2n) is 4.21. The lowest BCUT2D eigenvalue weighted by molar-refractivity contribution is -0.137. The van der Waals surface area contributed by atoms with Crippen LogP contribution in [0.5, 0.6) is 0 Å². The summed E-state index contributed by atoms with van der Waals surface area (Å²) in [5.41, 5.74) is 2.23. The third-order valence-corrected chi connectivity index (χ3v) is 3.15. The molecule has 0 saturated heterocycles. The van der Waals surface area contributed by atoms with Gasteiger partial charge in [0.25, 0.3) is 0 Å². The highest BCUT2D eigenvalue weighted by Crippen LogP contribution is 2.31. The number of aryl methyl sites for hydroxylation is 1. The summed E-state index contributed by atoms with van der Waals surface area (Å²) in [6.07, 6.45) is -3.50. The molecule has 0 aromatic heterocycles. The Balaban J connectivity index is 2.37. The fourth-order valence-electron chi connectivity index (χ4n) is 1.98. The zero-order valence-corrected chi connectivity index (χ0v) is 11.0. The monoisotopic (exact) mass is 282 g/mol. The van der Waals surface area contributed by atoms with Crippen LogP contribution in [-0.4, -0.2) is 5.75 Å². The maximum Gasteiger partial charge on any atom is 0.416 e. The first kappa shape index (κ1) is 14.0. The predicted octanol–water partition coefficient (Wildman–Crippen LogP) is 4.84. The van der Waals surface area contributed by atoms with Gasteiger partial charge in [-0.05, 0) is 41.0 Å². The van der Waals surface area contributed by atoms with Crippen molar-refractivity contribution in [2.24, 2.45) is 0 Å². The maximum absolute atomic E-state index is 12.5. The van der Waals surface area contributed by atoms with Crippen LogP contribution < -0.4 is 0 Å². The smallest absolute Gasteiger partial charge is 0.179 e. The van der Waals surface area contributed by atoms with E-state index in [0.717, 1.165) is 35.2 Å². The molecule has 0 aliphatic rings. The molecule has 100 valence electrons. The minimum Gasteiger partial charge on any atom is -0.179 e. The first-order chi connectivity index (χ1) is 9.02. The van der Waals surface area contributed by atoms with E-state index in [0.29, 0.717) is 5.75 Å². The minimum atomic E-state index is -4.29. The fourth-order valence-corrected chi connectivity index (χ4v) is 2.22. The molecule has 0 saturated carbocycles. The highest BCUT2D eigenvalue weighted by molar-refractivity contribution is 7.80. The molecule has 0 bridgehead atoms. The Labute approximate surface area is 115 Å². The lowest BCUT2D eigenvalue weighted by Gasteiger charge is -2.11. The van der Waals surface area contributed by atoms with Gasteiger partial charge in [0, 0.05) is 0 Å². The molecule has 2 rings (SSSR count). The summed E-state index contributed by atoms with van der Waals surface area (Å²) in [5, 5.41) is 0. The van der Waals surface area contributed by atoms with Gasteiger partial charge >= 0.3 is 6.18 Å². The van der Waals surface area contributed by atoms with E-state index in [4.69, 9.17) is 0 Å². The molecule has 0 aliphatic heterocycles. The number of halogens is 3. The number of hydrogen-bond donors (Lipinski definition) is 1. The van der Waals surface area contributed by atoms with Crippen molar-refractivity contribution in [1.29, 1.82) is 0 Å². The molecule has 0 N–H and O–H groups in total. The second-order valence-corrected chi connectivity index (χ2v) is 4.65. The topological polar surface area (TPSA) is 0 Å². The van der Waals surface area contributed by atoms with Gasteiger partial charge in [0.05, 0.1) is 5.56 Å². The molecule has 4 heteroatoms. The lowest BCUT2D eigenvalue weighted by Crippen LogP contribution is -2.04. The molecule has 0 fully saturated rings. The Morgan fingerprint density at radius 1 is 0.895 bits per heavy atom. The van der Waals surface area contributed by atoms with Gasteiger partial charge in [-0.15, -0.1) is 0 Å². The first-order valence-corrected chi connectivity index (χ1v) is 6.52. The zero-order chi connectivity index (χ0) is 13.9. The van der Waals surface area contributed by atoms with E-state index in [-0.39, 0.29) is 0 Å². The van der Waals surface area contributed by atoms with Crippen LogP contribution in [0, 0.1) is 0 Å². The van der Waals surface area contributed by atoms with Crippen molar-refractivity contribution in [3.05, 3.63) is 59.7 Å². The fraction of sp³-hybridized carbons (Fsp3) is 0.200. The van der Waals surface area contributed by atoms with Crippen molar-refractivity contribution < 1.29 is 13.2 Å².